The third-order valence-corrected chi connectivity index (χ3v) is 2.56. The summed E-state index contributed by atoms with van der Waals surface area (Å²) < 4.78 is 4.54. The van der Waals surface area contributed by atoms with Crippen molar-refractivity contribution in [2.75, 3.05) is 7.11 Å². The lowest BCUT2D eigenvalue weighted by Gasteiger charge is -2.10. The molecule has 0 heterocycles. The van der Waals surface area contributed by atoms with Gasteiger partial charge in [0, 0.05) is 12.1 Å². The van der Waals surface area contributed by atoms with Crippen LogP contribution in [0.3, 0.4) is 0 Å². The van der Waals surface area contributed by atoms with Gasteiger partial charge >= 0.3 is 5.97 Å². The van der Waals surface area contributed by atoms with Gasteiger partial charge in [-0.15, -0.1) is 0 Å². The fraction of sp³-hybridized carbons (Fsp3) is 0.333. The zero-order valence-corrected chi connectivity index (χ0v) is 10.1. The molecule has 0 fully saturated rings. The Balaban J connectivity index is 2.85. The topological polar surface area (TPSA) is 86.5 Å². The number of nitro groups is 1. The zero-order chi connectivity index (χ0) is 13.7. The lowest BCUT2D eigenvalue weighted by Crippen LogP contribution is -2.25. The van der Waals surface area contributed by atoms with Crippen molar-refractivity contribution in [3.63, 3.8) is 0 Å². The van der Waals surface area contributed by atoms with E-state index in [0.717, 1.165) is 0 Å². The van der Waals surface area contributed by atoms with E-state index >= 15 is 0 Å². The fourth-order valence-corrected chi connectivity index (χ4v) is 1.52. The van der Waals surface area contributed by atoms with Crippen LogP contribution in [-0.2, 0) is 20.7 Å². The number of methoxy groups -OCH3 is 1. The molecule has 1 aromatic carbocycles. The van der Waals surface area contributed by atoms with Gasteiger partial charge in [-0.05, 0) is 18.9 Å². The summed E-state index contributed by atoms with van der Waals surface area (Å²) in [6.07, 6.45) is 0.181. The third-order valence-electron chi connectivity index (χ3n) is 2.56. The third kappa shape index (κ3) is 3.38. The molecule has 0 aliphatic rings. The molecule has 0 aliphatic heterocycles. The Morgan fingerprint density at radius 2 is 1.89 bits per heavy atom. The highest BCUT2D eigenvalue weighted by molar-refractivity contribution is 5.97. The lowest BCUT2D eigenvalue weighted by molar-refractivity contribution is -0.384. The number of esters is 1. The Hall–Kier alpha value is -2.24. The number of non-ortho nitro benzene ring substituents is 1. The standard InChI is InChI=1S/C12H13NO5/c1-8(14)11(12(15)18-2)7-9-3-5-10(6-4-9)13(16)17/h3-6,11H,7H2,1-2H3/t11-/m1/s1. The van der Waals surface area contributed by atoms with Crippen LogP contribution in [0.1, 0.15) is 12.5 Å². The van der Waals surface area contributed by atoms with Gasteiger partial charge in [0.05, 0.1) is 12.0 Å². The second-order valence-electron chi connectivity index (χ2n) is 3.81. The Bertz CT molecular complexity index is 466. The highest BCUT2D eigenvalue weighted by atomic mass is 16.6. The number of ether oxygens (including phenoxy) is 1. The minimum absolute atomic E-state index is 0.0313. The highest BCUT2D eigenvalue weighted by Crippen LogP contribution is 2.16. The average Bonchev–Trinajstić information content (AvgIpc) is 2.35. The summed E-state index contributed by atoms with van der Waals surface area (Å²) >= 11 is 0. The molecule has 0 radical (unpaired) electrons. The number of Topliss-reactive ketones (excluding diaryl/α,β-unsaturated/α-hetero) is 1. The van der Waals surface area contributed by atoms with Crippen LogP contribution < -0.4 is 0 Å². The Morgan fingerprint density at radius 1 is 1.33 bits per heavy atom. The summed E-state index contributed by atoms with van der Waals surface area (Å²) in [7, 11) is 1.22. The number of benzene rings is 1. The van der Waals surface area contributed by atoms with E-state index in [-0.39, 0.29) is 17.9 Å². The first-order chi connectivity index (χ1) is 8.45. The molecule has 0 saturated heterocycles. The number of hydrogen-bond acceptors (Lipinski definition) is 5. The predicted molar refractivity (Wildman–Crippen MR) is 63.0 cm³/mol. The normalized spacial score (nSPS) is 11.7. The number of ketones is 1. The van der Waals surface area contributed by atoms with E-state index in [1.54, 1.807) is 0 Å². The SMILES string of the molecule is COC(=O)[C@H](Cc1ccc([N+](=O)[O-])cc1)C(C)=O. The number of hydrogen-bond donors (Lipinski definition) is 0. The summed E-state index contributed by atoms with van der Waals surface area (Å²) in [4.78, 5) is 32.7. The molecule has 0 spiro atoms. The van der Waals surface area contributed by atoms with Gasteiger partial charge in [-0.3, -0.25) is 19.7 Å². The van der Waals surface area contributed by atoms with E-state index in [0.29, 0.717) is 5.56 Å². The van der Waals surface area contributed by atoms with Crippen molar-refractivity contribution in [2.24, 2.45) is 5.92 Å². The van der Waals surface area contributed by atoms with Crippen molar-refractivity contribution in [3.05, 3.63) is 39.9 Å². The molecular weight excluding hydrogens is 238 g/mol. The van der Waals surface area contributed by atoms with Gasteiger partial charge in [-0.2, -0.15) is 0 Å². The van der Waals surface area contributed by atoms with Crippen LogP contribution in [0, 0.1) is 16.0 Å². The van der Waals surface area contributed by atoms with Crippen molar-refractivity contribution in [3.8, 4) is 0 Å². The molecule has 0 unspecified atom stereocenters. The van der Waals surface area contributed by atoms with Gasteiger partial charge in [-0.1, -0.05) is 12.1 Å². The molecule has 0 bridgehead atoms. The summed E-state index contributed by atoms with van der Waals surface area (Å²) in [5, 5.41) is 10.5. The van der Waals surface area contributed by atoms with Gasteiger partial charge in [0.1, 0.15) is 11.7 Å². The molecule has 6 heteroatoms. The maximum atomic E-state index is 11.4. The van der Waals surface area contributed by atoms with Crippen LogP contribution in [-0.4, -0.2) is 23.8 Å². The van der Waals surface area contributed by atoms with Gasteiger partial charge in [0.15, 0.2) is 0 Å². The molecule has 1 rings (SSSR count). The van der Waals surface area contributed by atoms with E-state index < -0.39 is 16.8 Å². The van der Waals surface area contributed by atoms with E-state index in [1.807, 2.05) is 0 Å². The van der Waals surface area contributed by atoms with Gasteiger partial charge in [0.2, 0.25) is 0 Å². The van der Waals surface area contributed by atoms with Crippen LogP contribution in [0.2, 0.25) is 0 Å². The predicted octanol–water partition coefficient (Wildman–Crippen LogP) is 1.52. The van der Waals surface area contributed by atoms with Crippen LogP contribution in [0.15, 0.2) is 24.3 Å². The molecule has 0 saturated carbocycles. The fourth-order valence-electron chi connectivity index (χ4n) is 1.52. The van der Waals surface area contributed by atoms with Gasteiger partial charge in [-0.25, -0.2) is 0 Å². The van der Waals surface area contributed by atoms with E-state index in [1.165, 1.54) is 38.3 Å². The molecule has 1 atom stereocenters. The second kappa shape index (κ2) is 5.90. The summed E-state index contributed by atoms with van der Waals surface area (Å²) in [5.74, 6) is -1.75. The maximum absolute atomic E-state index is 11.4. The summed E-state index contributed by atoms with van der Waals surface area (Å²) in [6.45, 7) is 1.31. The zero-order valence-electron chi connectivity index (χ0n) is 10.1. The van der Waals surface area contributed by atoms with Crippen molar-refractivity contribution in [1.29, 1.82) is 0 Å². The van der Waals surface area contributed by atoms with E-state index in [2.05, 4.69) is 4.74 Å². The number of rotatable bonds is 5. The molecule has 0 N–H and O–H groups in total. The maximum Gasteiger partial charge on any atom is 0.316 e. The smallest absolute Gasteiger partial charge is 0.316 e. The second-order valence-corrected chi connectivity index (χ2v) is 3.81. The number of nitro benzene ring substituents is 1. The molecule has 0 amide bonds. The quantitative estimate of drug-likeness (QED) is 0.342. The van der Waals surface area contributed by atoms with Crippen molar-refractivity contribution in [2.45, 2.75) is 13.3 Å². The summed E-state index contributed by atoms with van der Waals surface area (Å²) in [6, 6.07) is 5.72. The molecule has 1 aromatic rings. The van der Waals surface area contributed by atoms with Crippen LogP contribution in [0.25, 0.3) is 0 Å². The largest absolute Gasteiger partial charge is 0.468 e. The minimum Gasteiger partial charge on any atom is -0.468 e. The van der Waals surface area contributed by atoms with Crippen LogP contribution in [0.5, 0.6) is 0 Å². The minimum atomic E-state index is -0.864. The van der Waals surface area contributed by atoms with E-state index in [9.17, 15) is 19.7 Å². The first-order valence-corrected chi connectivity index (χ1v) is 5.27. The van der Waals surface area contributed by atoms with Crippen molar-refractivity contribution >= 4 is 17.4 Å². The first kappa shape index (κ1) is 13.8. The summed E-state index contributed by atoms with van der Waals surface area (Å²) in [5.41, 5.74) is 0.641. The lowest BCUT2D eigenvalue weighted by atomic mass is 9.96. The Morgan fingerprint density at radius 3 is 2.28 bits per heavy atom. The molecule has 6 nitrogen and oxygen atoms in total. The first-order valence-electron chi connectivity index (χ1n) is 5.27. The molecule has 96 valence electrons. The monoisotopic (exact) mass is 251 g/mol. The van der Waals surface area contributed by atoms with Gasteiger partial charge in [0.25, 0.3) is 5.69 Å². The van der Waals surface area contributed by atoms with Gasteiger partial charge < -0.3 is 4.74 Å². The van der Waals surface area contributed by atoms with Crippen LogP contribution in [0.4, 0.5) is 5.69 Å². The van der Waals surface area contributed by atoms with Crippen molar-refractivity contribution < 1.29 is 19.2 Å². The Kier molecular flexibility index (Phi) is 4.53. The Labute approximate surface area is 104 Å². The van der Waals surface area contributed by atoms with E-state index in [4.69, 9.17) is 0 Å². The number of carbonyl (C=O) groups excluding carboxylic acids is 2. The van der Waals surface area contributed by atoms with Crippen molar-refractivity contribution in [1.82, 2.24) is 0 Å². The molecular formula is C12H13NO5. The molecule has 18 heavy (non-hydrogen) atoms. The number of nitrogens with zero attached hydrogens (tertiary/aromatic N) is 1. The average molecular weight is 251 g/mol. The number of carbonyl (C=O) groups is 2. The highest BCUT2D eigenvalue weighted by Gasteiger charge is 2.24. The van der Waals surface area contributed by atoms with Crippen LogP contribution >= 0.6 is 0 Å². The molecule has 0 aliphatic carbocycles. The molecule has 0 aromatic heterocycles.